The van der Waals surface area contributed by atoms with Gasteiger partial charge in [0.25, 0.3) is 0 Å². The minimum atomic E-state index is 0.201. The Hall–Kier alpha value is -1.55. The van der Waals surface area contributed by atoms with Crippen molar-refractivity contribution in [3.8, 4) is 5.75 Å². The summed E-state index contributed by atoms with van der Waals surface area (Å²) in [4.78, 5) is 16.6. The van der Waals surface area contributed by atoms with Gasteiger partial charge in [0.05, 0.1) is 13.5 Å². The van der Waals surface area contributed by atoms with Crippen LogP contribution in [-0.4, -0.2) is 56.0 Å². The summed E-state index contributed by atoms with van der Waals surface area (Å²) in [6.07, 6.45) is 2.55. The van der Waals surface area contributed by atoms with Crippen molar-refractivity contribution < 1.29 is 9.53 Å². The third-order valence-corrected chi connectivity index (χ3v) is 4.08. The second kappa shape index (κ2) is 6.75. The van der Waals surface area contributed by atoms with Gasteiger partial charge in [-0.2, -0.15) is 0 Å². The number of hydrogen-bond acceptors (Lipinski definition) is 3. The van der Waals surface area contributed by atoms with E-state index in [1.807, 2.05) is 29.2 Å². The highest BCUT2D eigenvalue weighted by Gasteiger charge is 2.24. The first kappa shape index (κ1) is 14.9. The van der Waals surface area contributed by atoms with Crippen LogP contribution in [-0.2, 0) is 11.2 Å². The fourth-order valence-corrected chi connectivity index (χ4v) is 2.76. The molecule has 2 rings (SSSR count). The van der Waals surface area contributed by atoms with E-state index in [1.165, 1.54) is 0 Å². The number of amides is 1. The van der Waals surface area contributed by atoms with Crippen LogP contribution in [0.25, 0.3) is 0 Å². The molecule has 0 aromatic heterocycles. The maximum absolute atomic E-state index is 12.4. The quantitative estimate of drug-likeness (QED) is 0.840. The first-order valence-electron chi connectivity index (χ1n) is 7.18. The Morgan fingerprint density at radius 3 is 2.55 bits per heavy atom. The van der Waals surface area contributed by atoms with Crippen molar-refractivity contribution >= 4 is 5.91 Å². The number of carbonyl (C=O) groups is 1. The molecule has 110 valence electrons. The van der Waals surface area contributed by atoms with Crippen molar-refractivity contribution in [1.29, 1.82) is 0 Å². The topological polar surface area (TPSA) is 32.8 Å². The van der Waals surface area contributed by atoms with E-state index in [9.17, 15) is 4.79 Å². The van der Waals surface area contributed by atoms with Crippen molar-refractivity contribution in [2.75, 3.05) is 34.3 Å². The molecule has 1 saturated heterocycles. The van der Waals surface area contributed by atoms with Crippen LogP contribution in [0, 0.1) is 0 Å². The van der Waals surface area contributed by atoms with E-state index in [1.54, 1.807) is 7.11 Å². The molecule has 0 saturated carbocycles. The van der Waals surface area contributed by atoms with Crippen molar-refractivity contribution in [2.45, 2.75) is 25.3 Å². The van der Waals surface area contributed by atoms with Crippen LogP contribution in [0.1, 0.15) is 18.4 Å². The number of hydrogen-bond donors (Lipinski definition) is 0. The molecule has 1 aliphatic heterocycles. The zero-order valence-corrected chi connectivity index (χ0v) is 12.6. The van der Waals surface area contributed by atoms with Gasteiger partial charge in [-0.15, -0.1) is 0 Å². The maximum atomic E-state index is 12.4. The molecule has 0 spiro atoms. The number of rotatable bonds is 4. The van der Waals surface area contributed by atoms with E-state index in [-0.39, 0.29) is 5.91 Å². The lowest BCUT2D eigenvalue weighted by molar-refractivity contribution is -0.131. The number of para-hydroxylation sites is 1. The summed E-state index contributed by atoms with van der Waals surface area (Å²) in [6, 6.07) is 8.34. The average Bonchev–Trinajstić information content (AvgIpc) is 2.48. The van der Waals surface area contributed by atoms with Crippen LogP contribution in [0.15, 0.2) is 24.3 Å². The first-order valence-corrected chi connectivity index (χ1v) is 7.18. The molecule has 20 heavy (non-hydrogen) atoms. The number of carbonyl (C=O) groups excluding carboxylic acids is 1. The van der Waals surface area contributed by atoms with E-state index in [2.05, 4.69) is 19.0 Å². The van der Waals surface area contributed by atoms with Gasteiger partial charge in [0.2, 0.25) is 5.91 Å². The van der Waals surface area contributed by atoms with Gasteiger partial charge in [0, 0.05) is 24.7 Å². The van der Waals surface area contributed by atoms with Crippen molar-refractivity contribution in [1.82, 2.24) is 9.80 Å². The fraction of sp³-hybridized carbons (Fsp3) is 0.562. The van der Waals surface area contributed by atoms with Crippen LogP contribution < -0.4 is 4.74 Å². The molecule has 4 heteroatoms. The number of benzene rings is 1. The van der Waals surface area contributed by atoms with Gasteiger partial charge in [0.1, 0.15) is 5.75 Å². The van der Waals surface area contributed by atoms with Crippen LogP contribution in [0.4, 0.5) is 0 Å². The molecule has 1 amide bonds. The highest BCUT2D eigenvalue weighted by Crippen LogP contribution is 2.20. The minimum absolute atomic E-state index is 0.201. The van der Waals surface area contributed by atoms with Gasteiger partial charge in [-0.05, 0) is 33.0 Å². The zero-order valence-electron chi connectivity index (χ0n) is 12.6. The monoisotopic (exact) mass is 276 g/mol. The third kappa shape index (κ3) is 3.51. The van der Waals surface area contributed by atoms with Crippen molar-refractivity contribution in [3.63, 3.8) is 0 Å². The molecule has 1 heterocycles. The van der Waals surface area contributed by atoms with Gasteiger partial charge < -0.3 is 14.5 Å². The van der Waals surface area contributed by atoms with Crippen LogP contribution in [0.3, 0.4) is 0 Å². The van der Waals surface area contributed by atoms with Crippen LogP contribution in [0.2, 0.25) is 0 Å². The zero-order chi connectivity index (χ0) is 14.5. The predicted octanol–water partition coefficient (Wildman–Crippen LogP) is 1.79. The van der Waals surface area contributed by atoms with E-state index in [0.29, 0.717) is 12.5 Å². The number of nitrogens with zero attached hydrogens (tertiary/aromatic N) is 2. The second-order valence-corrected chi connectivity index (χ2v) is 5.56. The SMILES string of the molecule is COc1ccccc1CC(=O)N1CCC(N(C)C)CC1. The van der Waals surface area contributed by atoms with Crippen LogP contribution in [0.5, 0.6) is 5.75 Å². The number of piperidine rings is 1. The Balaban J connectivity index is 1.93. The van der Waals surface area contributed by atoms with Crippen LogP contribution >= 0.6 is 0 Å². The summed E-state index contributed by atoms with van der Waals surface area (Å²) < 4.78 is 5.30. The van der Waals surface area contributed by atoms with Gasteiger partial charge in [-0.25, -0.2) is 0 Å². The Morgan fingerprint density at radius 1 is 1.30 bits per heavy atom. The molecule has 0 atom stereocenters. The molecule has 1 aromatic carbocycles. The Bertz CT molecular complexity index is 452. The molecule has 1 aliphatic rings. The molecule has 0 aliphatic carbocycles. The fourth-order valence-electron chi connectivity index (χ4n) is 2.76. The molecule has 1 fully saturated rings. The standard InChI is InChI=1S/C16H24N2O2/c1-17(2)14-8-10-18(11-9-14)16(19)12-13-6-4-5-7-15(13)20-3/h4-7,14H,8-12H2,1-3H3. The third-order valence-electron chi connectivity index (χ3n) is 4.08. The van der Waals surface area contributed by atoms with Gasteiger partial charge in [-0.3, -0.25) is 4.79 Å². The predicted molar refractivity (Wildman–Crippen MR) is 80.0 cm³/mol. The van der Waals surface area contributed by atoms with E-state index in [4.69, 9.17) is 4.74 Å². The molecule has 0 bridgehead atoms. The summed E-state index contributed by atoms with van der Waals surface area (Å²) in [5.41, 5.74) is 0.967. The minimum Gasteiger partial charge on any atom is -0.496 e. The van der Waals surface area contributed by atoms with Gasteiger partial charge >= 0.3 is 0 Å². The average molecular weight is 276 g/mol. The Labute approximate surface area is 121 Å². The summed E-state index contributed by atoms with van der Waals surface area (Å²) >= 11 is 0. The lowest BCUT2D eigenvalue weighted by atomic mass is 10.0. The molecule has 0 unspecified atom stereocenters. The van der Waals surface area contributed by atoms with E-state index >= 15 is 0 Å². The largest absolute Gasteiger partial charge is 0.496 e. The van der Waals surface area contributed by atoms with E-state index in [0.717, 1.165) is 37.2 Å². The van der Waals surface area contributed by atoms with E-state index < -0.39 is 0 Å². The smallest absolute Gasteiger partial charge is 0.227 e. The van der Waals surface area contributed by atoms with Gasteiger partial charge in [0.15, 0.2) is 0 Å². The summed E-state index contributed by atoms with van der Waals surface area (Å²) in [5.74, 6) is 0.996. The molecular weight excluding hydrogens is 252 g/mol. The summed E-state index contributed by atoms with van der Waals surface area (Å²) in [6.45, 7) is 1.72. The number of ether oxygens (including phenoxy) is 1. The molecule has 0 radical (unpaired) electrons. The lowest BCUT2D eigenvalue weighted by Crippen LogP contribution is -2.45. The first-order chi connectivity index (χ1) is 9.61. The van der Waals surface area contributed by atoms with Crippen molar-refractivity contribution in [2.24, 2.45) is 0 Å². The lowest BCUT2D eigenvalue weighted by Gasteiger charge is -2.35. The molecular formula is C16H24N2O2. The summed E-state index contributed by atoms with van der Waals surface area (Å²) in [7, 11) is 5.86. The Morgan fingerprint density at radius 2 is 1.95 bits per heavy atom. The molecule has 4 nitrogen and oxygen atoms in total. The molecule has 1 aromatic rings. The maximum Gasteiger partial charge on any atom is 0.227 e. The van der Waals surface area contributed by atoms with Gasteiger partial charge in [-0.1, -0.05) is 18.2 Å². The normalized spacial score (nSPS) is 16.5. The Kier molecular flexibility index (Phi) is 5.01. The highest BCUT2D eigenvalue weighted by molar-refractivity contribution is 5.79. The number of methoxy groups -OCH3 is 1. The highest BCUT2D eigenvalue weighted by atomic mass is 16.5. The van der Waals surface area contributed by atoms with Crippen molar-refractivity contribution in [3.05, 3.63) is 29.8 Å². The second-order valence-electron chi connectivity index (χ2n) is 5.56. The number of likely N-dealkylation sites (tertiary alicyclic amines) is 1. The summed E-state index contributed by atoms with van der Waals surface area (Å²) in [5, 5.41) is 0. The molecule has 0 N–H and O–H groups in total.